The molecule has 0 radical (unpaired) electrons. The van der Waals surface area contributed by atoms with Gasteiger partial charge in [0.15, 0.2) is 6.29 Å². The molecule has 0 bridgehead atoms. The number of rotatable bonds is 4. The second-order valence-electron chi connectivity index (χ2n) is 3.77. The van der Waals surface area contributed by atoms with Crippen molar-refractivity contribution < 1.29 is 13.9 Å². The fraction of sp³-hybridized carbons (Fsp3) is 0.143. The van der Waals surface area contributed by atoms with E-state index in [0.717, 1.165) is 5.57 Å². The molecule has 1 aliphatic rings. The molecule has 1 heterocycles. The van der Waals surface area contributed by atoms with Gasteiger partial charge in [-0.1, -0.05) is 12.2 Å². The first kappa shape index (κ1) is 12.2. The fourth-order valence-corrected chi connectivity index (χ4v) is 1.53. The normalized spacial score (nSPS) is 14.5. The summed E-state index contributed by atoms with van der Waals surface area (Å²) in [6, 6.07) is 3.20. The van der Waals surface area contributed by atoms with Gasteiger partial charge < -0.3 is 4.74 Å². The van der Waals surface area contributed by atoms with Gasteiger partial charge in [-0.05, 0) is 30.2 Å². The van der Waals surface area contributed by atoms with Crippen molar-refractivity contribution in [3.05, 3.63) is 59.7 Å². The summed E-state index contributed by atoms with van der Waals surface area (Å²) in [5.74, 6) is 0.254. The van der Waals surface area contributed by atoms with E-state index in [1.54, 1.807) is 18.2 Å². The van der Waals surface area contributed by atoms with E-state index >= 15 is 0 Å². The Morgan fingerprint density at radius 1 is 1.50 bits per heavy atom. The highest BCUT2D eigenvalue weighted by Crippen LogP contribution is 2.15. The Hall–Kier alpha value is -2.23. The van der Waals surface area contributed by atoms with Gasteiger partial charge in [-0.2, -0.15) is 0 Å². The number of pyridine rings is 1. The van der Waals surface area contributed by atoms with Crippen LogP contribution in [0.3, 0.4) is 0 Å². The van der Waals surface area contributed by atoms with E-state index in [-0.39, 0.29) is 12.4 Å². The molecule has 0 atom stereocenters. The Balaban J connectivity index is 2.01. The molecule has 0 saturated carbocycles. The number of nitrogens with zero attached hydrogens (tertiary/aromatic N) is 1. The summed E-state index contributed by atoms with van der Waals surface area (Å²) >= 11 is 0. The zero-order valence-corrected chi connectivity index (χ0v) is 9.67. The van der Waals surface area contributed by atoms with E-state index in [2.05, 4.69) is 4.98 Å². The first-order chi connectivity index (χ1) is 8.78. The SMILES string of the molecule is O=Cc1cc(OCC2=CCC=CC(F)=C2)ccn1. The third-order valence-electron chi connectivity index (χ3n) is 2.40. The van der Waals surface area contributed by atoms with Crippen molar-refractivity contribution in [1.29, 1.82) is 0 Å². The van der Waals surface area contributed by atoms with Gasteiger partial charge in [-0.3, -0.25) is 9.78 Å². The third-order valence-corrected chi connectivity index (χ3v) is 2.40. The van der Waals surface area contributed by atoms with Gasteiger partial charge >= 0.3 is 0 Å². The lowest BCUT2D eigenvalue weighted by Gasteiger charge is -2.06. The maximum absolute atomic E-state index is 13.2. The quantitative estimate of drug-likeness (QED) is 0.765. The molecule has 0 aliphatic heterocycles. The molecule has 0 unspecified atom stereocenters. The van der Waals surface area contributed by atoms with Crippen molar-refractivity contribution in [3.63, 3.8) is 0 Å². The summed E-state index contributed by atoms with van der Waals surface area (Å²) in [7, 11) is 0. The second kappa shape index (κ2) is 5.91. The minimum absolute atomic E-state index is 0.261. The molecular formula is C14H12FNO2. The highest BCUT2D eigenvalue weighted by Gasteiger charge is 2.02. The summed E-state index contributed by atoms with van der Waals surface area (Å²) in [6.07, 6.45) is 9.34. The van der Waals surface area contributed by atoms with Crippen LogP contribution in [0.2, 0.25) is 0 Å². The Kier molecular flexibility index (Phi) is 4.02. The molecule has 0 amide bonds. The molecule has 0 saturated heterocycles. The summed E-state index contributed by atoms with van der Waals surface area (Å²) in [5, 5.41) is 0. The van der Waals surface area contributed by atoms with E-state index < -0.39 is 0 Å². The van der Waals surface area contributed by atoms with Crippen LogP contribution in [-0.4, -0.2) is 17.9 Å². The monoisotopic (exact) mass is 245 g/mol. The van der Waals surface area contributed by atoms with Crippen LogP contribution in [0.15, 0.2) is 54.0 Å². The van der Waals surface area contributed by atoms with Crippen molar-refractivity contribution in [2.45, 2.75) is 6.42 Å². The number of carbonyl (C=O) groups excluding carboxylic acids is 1. The van der Waals surface area contributed by atoms with E-state index in [9.17, 15) is 9.18 Å². The van der Waals surface area contributed by atoms with Gasteiger partial charge in [-0.15, -0.1) is 0 Å². The number of allylic oxidation sites excluding steroid dienone is 4. The first-order valence-corrected chi connectivity index (χ1v) is 5.55. The lowest BCUT2D eigenvalue weighted by Crippen LogP contribution is -2.00. The molecule has 4 heteroatoms. The molecule has 3 nitrogen and oxygen atoms in total. The minimum Gasteiger partial charge on any atom is -0.489 e. The molecule has 1 aliphatic carbocycles. The fourth-order valence-electron chi connectivity index (χ4n) is 1.53. The summed E-state index contributed by atoms with van der Waals surface area (Å²) < 4.78 is 18.6. The highest BCUT2D eigenvalue weighted by atomic mass is 19.1. The van der Waals surface area contributed by atoms with Crippen molar-refractivity contribution in [2.24, 2.45) is 0 Å². The van der Waals surface area contributed by atoms with Crippen molar-refractivity contribution in [2.75, 3.05) is 6.61 Å². The van der Waals surface area contributed by atoms with E-state index in [4.69, 9.17) is 4.74 Å². The number of aromatic nitrogens is 1. The Labute approximate surface area is 104 Å². The van der Waals surface area contributed by atoms with Gasteiger partial charge in [-0.25, -0.2) is 4.39 Å². The summed E-state index contributed by atoms with van der Waals surface area (Å²) in [6.45, 7) is 0.261. The van der Waals surface area contributed by atoms with Crippen LogP contribution >= 0.6 is 0 Å². The largest absolute Gasteiger partial charge is 0.489 e. The number of ether oxygens (including phenoxy) is 1. The third kappa shape index (κ3) is 3.38. The molecule has 1 aromatic heterocycles. The Morgan fingerprint density at radius 2 is 2.39 bits per heavy atom. The number of carbonyl (C=O) groups is 1. The van der Waals surface area contributed by atoms with Crippen LogP contribution < -0.4 is 4.74 Å². The molecule has 92 valence electrons. The number of halogens is 1. The van der Waals surface area contributed by atoms with E-state index in [1.807, 2.05) is 6.08 Å². The van der Waals surface area contributed by atoms with Crippen LogP contribution in [-0.2, 0) is 0 Å². The number of aldehydes is 1. The Morgan fingerprint density at radius 3 is 3.22 bits per heavy atom. The smallest absolute Gasteiger partial charge is 0.168 e. The van der Waals surface area contributed by atoms with Gasteiger partial charge in [0.05, 0.1) is 0 Å². The van der Waals surface area contributed by atoms with Crippen molar-refractivity contribution in [1.82, 2.24) is 4.98 Å². The first-order valence-electron chi connectivity index (χ1n) is 5.55. The zero-order chi connectivity index (χ0) is 12.8. The lowest BCUT2D eigenvalue weighted by atomic mass is 10.2. The molecule has 2 rings (SSSR count). The van der Waals surface area contributed by atoms with Crippen LogP contribution in [0.4, 0.5) is 4.39 Å². The molecule has 0 fully saturated rings. The van der Waals surface area contributed by atoms with Gasteiger partial charge in [0.1, 0.15) is 23.9 Å². The van der Waals surface area contributed by atoms with Crippen LogP contribution in [0, 0.1) is 0 Å². The maximum atomic E-state index is 13.2. The predicted molar refractivity (Wildman–Crippen MR) is 66.2 cm³/mol. The van der Waals surface area contributed by atoms with E-state index in [1.165, 1.54) is 18.3 Å². The van der Waals surface area contributed by atoms with Crippen molar-refractivity contribution in [3.8, 4) is 5.75 Å². The van der Waals surface area contributed by atoms with Gasteiger partial charge in [0.25, 0.3) is 0 Å². The second-order valence-corrected chi connectivity index (χ2v) is 3.77. The molecule has 18 heavy (non-hydrogen) atoms. The summed E-state index contributed by atoms with van der Waals surface area (Å²) in [4.78, 5) is 14.4. The minimum atomic E-state index is -0.286. The van der Waals surface area contributed by atoms with Crippen LogP contribution in [0.1, 0.15) is 16.9 Å². The molecular weight excluding hydrogens is 233 g/mol. The van der Waals surface area contributed by atoms with Gasteiger partial charge in [0.2, 0.25) is 0 Å². The average Bonchev–Trinajstić information content (AvgIpc) is 2.61. The highest BCUT2D eigenvalue weighted by molar-refractivity contribution is 5.72. The van der Waals surface area contributed by atoms with E-state index in [0.29, 0.717) is 24.2 Å². The topological polar surface area (TPSA) is 39.2 Å². The van der Waals surface area contributed by atoms with Gasteiger partial charge in [0, 0.05) is 12.3 Å². The molecule has 0 N–H and O–H groups in total. The predicted octanol–water partition coefficient (Wildman–Crippen LogP) is 3.01. The summed E-state index contributed by atoms with van der Waals surface area (Å²) in [5.41, 5.74) is 1.08. The zero-order valence-electron chi connectivity index (χ0n) is 9.67. The molecule has 0 spiro atoms. The molecule has 0 aromatic carbocycles. The molecule has 1 aromatic rings. The lowest BCUT2D eigenvalue weighted by molar-refractivity contribution is 0.111. The standard InChI is InChI=1S/C14H12FNO2/c15-12-4-2-1-3-11(7-12)10-18-14-5-6-16-13(8-14)9-17/h2-9H,1,10H2. The Bertz CT molecular complexity index is 532. The number of hydrogen-bond acceptors (Lipinski definition) is 3. The maximum Gasteiger partial charge on any atom is 0.168 e. The number of hydrogen-bond donors (Lipinski definition) is 0. The average molecular weight is 245 g/mol. The van der Waals surface area contributed by atoms with Crippen LogP contribution in [0.25, 0.3) is 0 Å². The van der Waals surface area contributed by atoms with Crippen molar-refractivity contribution >= 4 is 6.29 Å². The van der Waals surface area contributed by atoms with Crippen LogP contribution in [0.5, 0.6) is 5.75 Å².